The topological polar surface area (TPSA) is 121 Å². The molecule has 7 nitrogen and oxygen atoms in total. The SMILES string of the molecule is COc1cccc(N=C(N)N=C(N)N)c1OC(F)F. The number of hydrogen-bond donors (Lipinski definition) is 3. The Hall–Kier alpha value is -2.58. The molecule has 0 unspecified atom stereocenters. The van der Waals surface area contributed by atoms with E-state index in [-0.39, 0.29) is 29.1 Å². The zero-order valence-electron chi connectivity index (χ0n) is 10.0. The lowest BCUT2D eigenvalue weighted by atomic mass is 10.2. The highest BCUT2D eigenvalue weighted by atomic mass is 19.3. The molecule has 0 bridgehead atoms. The zero-order valence-corrected chi connectivity index (χ0v) is 10.0. The highest BCUT2D eigenvalue weighted by Crippen LogP contribution is 2.38. The number of ether oxygens (including phenoxy) is 2. The van der Waals surface area contributed by atoms with E-state index in [9.17, 15) is 8.78 Å². The molecule has 9 heteroatoms. The Morgan fingerprint density at radius 3 is 2.47 bits per heavy atom. The van der Waals surface area contributed by atoms with Gasteiger partial charge in [0.15, 0.2) is 17.5 Å². The van der Waals surface area contributed by atoms with E-state index in [0.29, 0.717) is 0 Å². The third-order valence-corrected chi connectivity index (χ3v) is 1.86. The van der Waals surface area contributed by atoms with Crippen molar-refractivity contribution in [3.63, 3.8) is 0 Å². The monoisotopic (exact) mass is 273 g/mol. The number of rotatable bonds is 4. The molecule has 0 aliphatic heterocycles. The Morgan fingerprint density at radius 1 is 1.26 bits per heavy atom. The first-order valence-corrected chi connectivity index (χ1v) is 4.99. The van der Waals surface area contributed by atoms with Crippen LogP contribution < -0.4 is 26.7 Å². The molecule has 104 valence electrons. The minimum Gasteiger partial charge on any atom is -0.493 e. The fourth-order valence-corrected chi connectivity index (χ4v) is 1.24. The number of guanidine groups is 2. The van der Waals surface area contributed by atoms with Crippen LogP contribution in [0, 0.1) is 0 Å². The smallest absolute Gasteiger partial charge is 0.387 e. The van der Waals surface area contributed by atoms with Crippen molar-refractivity contribution in [1.82, 2.24) is 0 Å². The molecule has 1 rings (SSSR count). The summed E-state index contributed by atoms with van der Waals surface area (Å²) in [6.45, 7) is -3.03. The fraction of sp³-hybridized carbons (Fsp3) is 0.200. The van der Waals surface area contributed by atoms with Crippen molar-refractivity contribution in [3.8, 4) is 11.5 Å². The maximum atomic E-state index is 12.3. The largest absolute Gasteiger partial charge is 0.493 e. The summed E-state index contributed by atoms with van der Waals surface area (Å²) in [4.78, 5) is 7.23. The minimum atomic E-state index is -3.03. The van der Waals surface area contributed by atoms with Gasteiger partial charge in [0.2, 0.25) is 5.96 Å². The summed E-state index contributed by atoms with van der Waals surface area (Å²) in [5.41, 5.74) is 15.7. The molecule has 0 saturated heterocycles. The standard InChI is InChI=1S/C10H13F2N5O2/c1-18-6-4-2-3-5(7(6)19-8(11)12)16-10(15)17-9(13)14/h2-4,8H,1H3,(H6,13,14,15,16,17). The van der Waals surface area contributed by atoms with Crippen molar-refractivity contribution >= 4 is 17.6 Å². The van der Waals surface area contributed by atoms with Crippen molar-refractivity contribution in [2.45, 2.75) is 6.61 Å². The first-order valence-electron chi connectivity index (χ1n) is 4.99. The first kappa shape index (κ1) is 14.5. The summed E-state index contributed by atoms with van der Waals surface area (Å²) in [7, 11) is 1.31. The Kier molecular flexibility index (Phi) is 4.86. The second-order valence-corrected chi connectivity index (χ2v) is 3.19. The van der Waals surface area contributed by atoms with Crippen molar-refractivity contribution < 1.29 is 18.3 Å². The van der Waals surface area contributed by atoms with Crippen LogP contribution in [0.4, 0.5) is 14.5 Å². The summed E-state index contributed by atoms with van der Waals surface area (Å²) in [5.74, 6) is -0.777. The van der Waals surface area contributed by atoms with E-state index in [2.05, 4.69) is 14.7 Å². The van der Waals surface area contributed by atoms with Gasteiger partial charge < -0.3 is 26.7 Å². The van der Waals surface area contributed by atoms with Gasteiger partial charge in [0.25, 0.3) is 0 Å². The van der Waals surface area contributed by atoms with Crippen molar-refractivity contribution in [3.05, 3.63) is 18.2 Å². The van der Waals surface area contributed by atoms with E-state index in [0.717, 1.165) is 0 Å². The third kappa shape index (κ3) is 4.30. The van der Waals surface area contributed by atoms with Gasteiger partial charge in [-0.1, -0.05) is 6.07 Å². The number of nitrogens with two attached hydrogens (primary N) is 3. The lowest BCUT2D eigenvalue weighted by Crippen LogP contribution is -2.26. The molecule has 0 fully saturated rings. The van der Waals surface area contributed by atoms with Gasteiger partial charge in [-0.2, -0.15) is 13.8 Å². The van der Waals surface area contributed by atoms with E-state index in [1.165, 1.54) is 25.3 Å². The number of methoxy groups -OCH3 is 1. The lowest BCUT2D eigenvalue weighted by Gasteiger charge is -2.11. The Balaban J connectivity index is 3.23. The van der Waals surface area contributed by atoms with Gasteiger partial charge in [0, 0.05) is 0 Å². The molecule has 6 N–H and O–H groups in total. The normalized spacial score (nSPS) is 11.3. The predicted molar refractivity (Wildman–Crippen MR) is 66.7 cm³/mol. The molecule has 0 amide bonds. The van der Waals surface area contributed by atoms with Crippen LogP contribution in [0.15, 0.2) is 28.2 Å². The molecule has 19 heavy (non-hydrogen) atoms. The number of aliphatic imine (C=N–C) groups is 2. The summed E-state index contributed by atoms with van der Waals surface area (Å²) in [6, 6.07) is 4.36. The lowest BCUT2D eigenvalue weighted by molar-refractivity contribution is -0.0507. The van der Waals surface area contributed by atoms with Crippen LogP contribution in [-0.4, -0.2) is 25.6 Å². The molecule has 0 aliphatic rings. The van der Waals surface area contributed by atoms with Crippen molar-refractivity contribution in [2.75, 3.05) is 7.11 Å². The van der Waals surface area contributed by atoms with Gasteiger partial charge in [0.1, 0.15) is 5.69 Å². The molecule has 0 aliphatic carbocycles. The molecule has 1 aromatic carbocycles. The second-order valence-electron chi connectivity index (χ2n) is 3.19. The molecule has 0 spiro atoms. The van der Waals surface area contributed by atoms with Gasteiger partial charge in [-0.15, -0.1) is 0 Å². The Morgan fingerprint density at radius 2 is 1.95 bits per heavy atom. The van der Waals surface area contributed by atoms with Gasteiger partial charge >= 0.3 is 6.61 Å². The number of alkyl halides is 2. The highest BCUT2D eigenvalue weighted by molar-refractivity contribution is 5.94. The number of hydrogen-bond acceptors (Lipinski definition) is 3. The molecular weight excluding hydrogens is 260 g/mol. The summed E-state index contributed by atoms with van der Waals surface area (Å²) < 4.78 is 33.9. The van der Waals surface area contributed by atoms with Crippen molar-refractivity contribution in [1.29, 1.82) is 0 Å². The summed E-state index contributed by atoms with van der Waals surface area (Å²) in [5, 5.41) is 0. The van der Waals surface area contributed by atoms with E-state index in [1.54, 1.807) is 0 Å². The molecule has 0 aromatic heterocycles. The van der Waals surface area contributed by atoms with Gasteiger partial charge in [-0.05, 0) is 12.1 Å². The number of para-hydroxylation sites is 1. The van der Waals surface area contributed by atoms with Crippen LogP contribution in [0.5, 0.6) is 11.5 Å². The molecule has 0 heterocycles. The summed E-state index contributed by atoms with van der Waals surface area (Å²) >= 11 is 0. The Bertz CT molecular complexity index is 501. The van der Waals surface area contributed by atoms with E-state index >= 15 is 0 Å². The summed E-state index contributed by atoms with van der Waals surface area (Å²) in [6.07, 6.45) is 0. The zero-order chi connectivity index (χ0) is 14.4. The number of halogens is 2. The average molecular weight is 273 g/mol. The van der Waals surface area contributed by atoms with Gasteiger partial charge in [-0.3, -0.25) is 0 Å². The van der Waals surface area contributed by atoms with Gasteiger partial charge in [-0.25, -0.2) is 4.99 Å². The van der Waals surface area contributed by atoms with E-state index in [1.807, 2.05) is 0 Å². The number of benzene rings is 1. The molecule has 0 atom stereocenters. The van der Waals surface area contributed by atoms with Crippen LogP contribution in [0.25, 0.3) is 0 Å². The third-order valence-electron chi connectivity index (χ3n) is 1.86. The average Bonchev–Trinajstić information content (AvgIpc) is 2.29. The second kappa shape index (κ2) is 6.38. The fourth-order valence-electron chi connectivity index (χ4n) is 1.24. The number of nitrogens with zero attached hydrogens (tertiary/aromatic N) is 2. The van der Waals surface area contributed by atoms with E-state index < -0.39 is 6.61 Å². The van der Waals surface area contributed by atoms with Crippen LogP contribution >= 0.6 is 0 Å². The van der Waals surface area contributed by atoms with E-state index in [4.69, 9.17) is 21.9 Å². The van der Waals surface area contributed by atoms with Crippen LogP contribution in [-0.2, 0) is 0 Å². The maximum Gasteiger partial charge on any atom is 0.387 e. The van der Waals surface area contributed by atoms with Crippen molar-refractivity contribution in [2.24, 2.45) is 27.2 Å². The Labute approximate surface area is 107 Å². The molecule has 0 saturated carbocycles. The van der Waals surface area contributed by atoms with Crippen LogP contribution in [0.3, 0.4) is 0 Å². The molecule has 0 radical (unpaired) electrons. The highest BCUT2D eigenvalue weighted by Gasteiger charge is 2.15. The molecule has 1 aromatic rings. The maximum absolute atomic E-state index is 12.3. The van der Waals surface area contributed by atoms with Gasteiger partial charge in [0.05, 0.1) is 7.11 Å². The van der Waals surface area contributed by atoms with Crippen LogP contribution in [0.1, 0.15) is 0 Å². The molecular formula is C10H13F2N5O2. The van der Waals surface area contributed by atoms with Crippen LogP contribution in [0.2, 0.25) is 0 Å². The quantitative estimate of drug-likeness (QED) is 0.545. The predicted octanol–water partition coefficient (Wildman–Crippen LogP) is 0.516. The first-order chi connectivity index (χ1) is 8.93. The minimum absolute atomic E-state index is 0.0159.